The number of nitrogens with two attached hydrogens (primary N) is 1. The van der Waals surface area contributed by atoms with E-state index in [0.29, 0.717) is 52.4 Å². The second-order valence-electron chi connectivity index (χ2n) is 7.42. The molecule has 0 aliphatic carbocycles. The second kappa shape index (κ2) is 11.8. The summed E-state index contributed by atoms with van der Waals surface area (Å²) in [7, 11) is 1.80. The first kappa shape index (κ1) is 24.0. The van der Waals surface area contributed by atoms with E-state index in [9.17, 15) is 4.79 Å². The average Bonchev–Trinajstić information content (AvgIpc) is 2.79. The molecule has 30 heavy (non-hydrogen) atoms. The predicted molar refractivity (Wildman–Crippen MR) is 119 cm³/mol. The molecule has 0 atom stereocenters. The van der Waals surface area contributed by atoms with Crippen molar-refractivity contribution in [1.82, 2.24) is 4.90 Å². The lowest BCUT2D eigenvalue weighted by atomic mass is 9.79. The zero-order valence-corrected chi connectivity index (χ0v) is 18.2. The van der Waals surface area contributed by atoms with E-state index in [2.05, 4.69) is 0 Å². The van der Waals surface area contributed by atoms with Crippen LogP contribution in [0.3, 0.4) is 0 Å². The first-order valence-corrected chi connectivity index (χ1v) is 10.1. The number of halogens is 1. The summed E-state index contributed by atoms with van der Waals surface area (Å²) in [6.07, 6.45) is 1.36. The Bertz CT molecular complexity index is 765. The Morgan fingerprint density at radius 2 is 1.63 bits per heavy atom. The molecular formula is C23H31ClN2O4. The van der Waals surface area contributed by atoms with Crippen molar-refractivity contribution >= 4 is 18.3 Å². The Labute approximate surface area is 184 Å². The fraction of sp³-hybridized carbons (Fsp3) is 0.435. The van der Waals surface area contributed by atoms with E-state index in [1.807, 2.05) is 54.6 Å². The number of carbonyl (C=O) groups excluding carboxylic acids is 1. The summed E-state index contributed by atoms with van der Waals surface area (Å²) in [6.45, 7) is 2.99. The molecule has 0 bridgehead atoms. The molecule has 6 nitrogen and oxygen atoms in total. The standard InChI is InChI=1S/C23H30N2O4.ClH/c1-25(22(26)23(18-24)11-14-27-15-12-23)13-16-28-20-7-9-21(10-8-20)29-17-19-5-3-2-4-6-19;/h2-10H,11-18,24H2,1H3;1H. The molecule has 1 amide bonds. The summed E-state index contributed by atoms with van der Waals surface area (Å²) in [5.41, 5.74) is 6.56. The van der Waals surface area contributed by atoms with E-state index in [-0.39, 0.29) is 18.3 Å². The maximum Gasteiger partial charge on any atom is 0.230 e. The van der Waals surface area contributed by atoms with Gasteiger partial charge >= 0.3 is 0 Å². The van der Waals surface area contributed by atoms with Gasteiger partial charge in [-0.15, -0.1) is 12.4 Å². The van der Waals surface area contributed by atoms with Gasteiger partial charge in [-0.2, -0.15) is 0 Å². The molecule has 2 aromatic rings. The van der Waals surface area contributed by atoms with Crippen LogP contribution in [0, 0.1) is 5.41 Å². The molecule has 0 aromatic heterocycles. The molecule has 0 radical (unpaired) electrons. The minimum Gasteiger partial charge on any atom is -0.492 e. The van der Waals surface area contributed by atoms with E-state index < -0.39 is 5.41 Å². The second-order valence-corrected chi connectivity index (χ2v) is 7.42. The number of ether oxygens (including phenoxy) is 3. The maximum atomic E-state index is 12.8. The molecule has 1 heterocycles. The Morgan fingerprint density at radius 3 is 2.23 bits per heavy atom. The highest BCUT2D eigenvalue weighted by Crippen LogP contribution is 2.31. The summed E-state index contributed by atoms with van der Waals surface area (Å²) in [4.78, 5) is 14.6. The summed E-state index contributed by atoms with van der Waals surface area (Å²) >= 11 is 0. The topological polar surface area (TPSA) is 74.0 Å². The summed E-state index contributed by atoms with van der Waals surface area (Å²) in [6, 6.07) is 17.6. The molecule has 0 saturated carbocycles. The van der Waals surface area contributed by atoms with Crippen molar-refractivity contribution in [2.24, 2.45) is 11.1 Å². The van der Waals surface area contributed by atoms with Crippen LogP contribution in [0.25, 0.3) is 0 Å². The Morgan fingerprint density at radius 1 is 1.03 bits per heavy atom. The summed E-state index contributed by atoms with van der Waals surface area (Å²) in [5.74, 6) is 1.62. The number of benzene rings is 2. The van der Waals surface area contributed by atoms with E-state index in [0.717, 1.165) is 17.1 Å². The van der Waals surface area contributed by atoms with Gasteiger partial charge in [0.05, 0.1) is 12.0 Å². The maximum absolute atomic E-state index is 12.8. The molecule has 0 spiro atoms. The van der Waals surface area contributed by atoms with Crippen molar-refractivity contribution in [1.29, 1.82) is 0 Å². The van der Waals surface area contributed by atoms with Crippen LogP contribution >= 0.6 is 12.4 Å². The zero-order chi connectivity index (χ0) is 20.5. The van der Waals surface area contributed by atoms with Gasteiger partial charge in [-0.25, -0.2) is 0 Å². The highest BCUT2D eigenvalue weighted by Gasteiger charge is 2.40. The quantitative estimate of drug-likeness (QED) is 0.655. The first-order valence-electron chi connectivity index (χ1n) is 10.1. The molecule has 0 unspecified atom stereocenters. The lowest BCUT2D eigenvalue weighted by Crippen LogP contribution is -2.50. The highest BCUT2D eigenvalue weighted by atomic mass is 35.5. The Hall–Kier alpha value is -2.28. The first-order chi connectivity index (χ1) is 14.1. The minimum absolute atomic E-state index is 0. The van der Waals surface area contributed by atoms with Gasteiger partial charge in [0.15, 0.2) is 0 Å². The van der Waals surface area contributed by atoms with Crippen molar-refractivity contribution < 1.29 is 19.0 Å². The van der Waals surface area contributed by atoms with Gasteiger partial charge < -0.3 is 24.8 Å². The van der Waals surface area contributed by atoms with E-state index in [1.54, 1.807) is 11.9 Å². The van der Waals surface area contributed by atoms with Crippen LogP contribution in [0.2, 0.25) is 0 Å². The average molecular weight is 435 g/mol. The monoisotopic (exact) mass is 434 g/mol. The highest BCUT2D eigenvalue weighted by molar-refractivity contribution is 5.85. The van der Waals surface area contributed by atoms with Crippen molar-refractivity contribution in [3.8, 4) is 11.5 Å². The van der Waals surface area contributed by atoms with Crippen molar-refractivity contribution in [3.63, 3.8) is 0 Å². The third-order valence-corrected chi connectivity index (χ3v) is 5.41. The van der Waals surface area contributed by atoms with Gasteiger partial charge in [0, 0.05) is 26.8 Å². The number of rotatable bonds is 9. The summed E-state index contributed by atoms with van der Waals surface area (Å²) in [5, 5.41) is 0. The normalized spacial score (nSPS) is 15.0. The van der Waals surface area contributed by atoms with Crippen LogP contribution in [0.15, 0.2) is 54.6 Å². The Balaban J connectivity index is 0.00000320. The molecular weight excluding hydrogens is 404 g/mol. The number of hydrogen-bond acceptors (Lipinski definition) is 5. The smallest absolute Gasteiger partial charge is 0.230 e. The van der Waals surface area contributed by atoms with E-state index in [4.69, 9.17) is 19.9 Å². The van der Waals surface area contributed by atoms with Crippen molar-refractivity contribution in [2.45, 2.75) is 19.4 Å². The number of likely N-dealkylation sites (N-methyl/N-ethyl adjacent to an activating group) is 1. The predicted octanol–water partition coefficient (Wildman–Crippen LogP) is 3.28. The van der Waals surface area contributed by atoms with Crippen LogP contribution in [-0.4, -0.2) is 50.8 Å². The molecule has 1 saturated heterocycles. The van der Waals surface area contributed by atoms with Gasteiger partial charge in [0.25, 0.3) is 0 Å². The molecule has 2 aromatic carbocycles. The largest absolute Gasteiger partial charge is 0.492 e. The third-order valence-electron chi connectivity index (χ3n) is 5.41. The van der Waals surface area contributed by atoms with Gasteiger partial charge in [-0.3, -0.25) is 4.79 Å². The SMILES string of the molecule is CN(CCOc1ccc(OCc2ccccc2)cc1)C(=O)C1(CN)CCOCC1.Cl. The third kappa shape index (κ3) is 6.36. The zero-order valence-electron chi connectivity index (χ0n) is 17.4. The van der Waals surface area contributed by atoms with Gasteiger partial charge in [0.2, 0.25) is 5.91 Å². The lowest BCUT2D eigenvalue weighted by molar-refractivity contribution is -0.146. The van der Waals surface area contributed by atoms with E-state index >= 15 is 0 Å². The molecule has 7 heteroatoms. The van der Waals surface area contributed by atoms with Gasteiger partial charge in [-0.1, -0.05) is 30.3 Å². The van der Waals surface area contributed by atoms with Crippen LogP contribution in [-0.2, 0) is 16.1 Å². The lowest BCUT2D eigenvalue weighted by Gasteiger charge is -2.37. The molecule has 1 fully saturated rings. The van der Waals surface area contributed by atoms with E-state index in [1.165, 1.54) is 0 Å². The number of carbonyl (C=O) groups is 1. The van der Waals surface area contributed by atoms with Crippen LogP contribution in [0.5, 0.6) is 11.5 Å². The number of hydrogen-bond donors (Lipinski definition) is 1. The van der Waals surface area contributed by atoms with Crippen LogP contribution in [0.4, 0.5) is 0 Å². The molecule has 1 aliphatic rings. The minimum atomic E-state index is -0.495. The van der Waals surface area contributed by atoms with Gasteiger partial charge in [-0.05, 0) is 42.7 Å². The molecule has 3 rings (SSSR count). The Kier molecular flexibility index (Phi) is 9.43. The fourth-order valence-electron chi connectivity index (χ4n) is 3.45. The molecule has 2 N–H and O–H groups in total. The molecule has 1 aliphatic heterocycles. The van der Waals surface area contributed by atoms with Crippen molar-refractivity contribution in [2.75, 3.05) is 40.0 Å². The number of amides is 1. The molecule has 164 valence electrons. The van der Waals surface area contributed by atoms with Crippen molar-refractivity contribution in [3.05, 3.63) is 60.2 Å². The van der Waals surface area contributed by atoms with Gasteiger partial charge in [0.1, 0.15) is 24.7 Å². The summed E-state index contributed by atoms with van der Waals surface area (Å²) < 4.78 is 17.0. The van der Waals surface area contributed by atoms with Crippen LogP contribution in [0.1, 0.15) is 18.4 Å². The number of nitrogens with zero attached hydrogens (tertiary/aromatic N) is 1. The fourth-order valence-corrected chi connectivity index (χ4v) is 3.45. The van der Waals surface area contributed by atoms with Crippen LogP contribution < -0.4 is 15.2 Å².